The van der Waals surface area contributed by atoms with Crippen molar-refractivity contribution in [3.8, 4) is 12.3 Å². The Morgan fingerprint density at radius 2 is 2.06 bits per heavy atom. The second-order valence-electron chi connectivity index (χ2n) is 8.87. The molecule has 0 aliphatic carbocycles. The number of rotatable bonds is 3. The Morgan fingerprint density at radius 3 is 2.81 bits per heavy atom. The Bertz CT molecular complexity index is 1210. The number of anilines is 2. The molecule has 2 heterocycles. The molecule has 0 saturated carbocycles. The van der Waals surface area contributed by atoms with Crippen molar-refractivity contribution in [1.29, 1.82) is 0 Å². The highest BCUT2D eigenvalue weighted by Crippen LogP contribution is 2.32. The molecular formula is C25H25FN4O2. The highest BCUT2D eigenvalue weighted by molar-refractivity contribution is 5.91. The minimum atomic E-state index is -0.526. The lowest BCUT2D eigenvalue weighted by Crippen LogP contribution is -2.35. The fraction of sp³-hybridized carbons (Fsp3) is 0.320. The molecular weight excluding hydrogens is 407 g/mol. The molecule has 0 bridgehead atoms. The largest absolute Gasteiger partial charge is 0.444 e. The van der Waals surface area contributed by atoms with Gasteiger partial charge in [0.2, 0.25) is 0 Å². The van der Waals surface area contributed by atoms with Crippen molar-refractivity contribution in [1.82, 2.24) is 14.9 Å². The van der Waals surface area contributed by atoms with Crippen LogP contribution in [0.25, 0.3) is 10.9 Å². The average Bonchev–Trinajstić information content (AvgIpc) is 3.24. The first-order valence-electron chi connectivity index (χ1n) is 10.5. The normalized spacial score (nSPS) is 16.1. The van der Waals surface area contributed by atoms with Crippen molar-refractivity contribution in [2.45, 2.75) is 38.7 Å². The van der Waals surface area contributed by atoms with Gasteiger partial charge in [0.1, 0.15) is 23.6 Å². The highest BCUT2D eigenvalue weighted by Gasteiger charge is 2.30. The Hall–Kier alpha value is -3.66. The number of carbonyl (C=O) groups excluding carboxylic acids is 1. The molecule has 1 aliphatic heterocycles. The summed E-state index contributed by atoms with van der Waals surface area (Å²) in [4.78, 5) is 22.8. The van der Waals surface area contributed by atoms with Gasteiger partial charge in [-0.25, -0.2) is 19.2 Å². The summed E-state index contributed by atoms with van der Waals surface area (Å²) in [6.07, 6.45) is 7.42. The van der Waals surface area contributed by atoms with Crippen molar-refractivity contribution >= 4 is 28.5 Å². The molecule has 1 unspecified atom stereocenters. The van der Waals surface area contributed by atoms with Gasteiger partial charge in [0, 0.05) is 30.0 Å². The van der Waals surface area contributed by atoms with E-state index in [-0.39, 0.29) is 17.7 Å². The van der Waals surface area contributed by atoms with E-state index in [1.54, 1.807) is 17.0 Å². The third kappa shape index (κ3) is 4.65. The molecule has 1 atom stereocenters. The summed E-state index contributed by atoms with van der Waals surface area (Å²) in [5, 5.41) is 3.82. The first kappa shape index (κ1) is 21.6. The number of hydrogen-bond acceptors (Lipinski definition) is 5. The van der Waals surface area contributed by atoms with Crippen LogP contribution in [0.5, 0.6) is 0 Å². The van der Waals surface area contributed by atoms with Crippen LogP contribution in [-0.4, -0.2) is 39.7 Å². The van der Waals surface area contributed by atoms with E-state index < -0.39 is 11.4 Å². The number of halogens is 1. The lowest BCUT2D eigenvalue weighted by Gasteiger charge is -2.24. The Balaban J connectivity index is 1.60. The number of hydrogen-bond donors (Lipinski definition) is 1. The average molecular weight is 432 g/mol. The van der Waals surface area contributed by atoms with Crippen LogP contribution in [0.15, 0.2) is 42.7 Å². The molecule has 0 spiro atoms. The number of nitrogens with zero attached hydrogens (tertiary/aromatic N) is 3. The number of terminal acetylenes is 1. The smallest absolute Gasteiger partial charge is 0.410 e. The first-order valence-corrected chi connectivity index (χ1v) is 10.5. The zero-order chi connectivity index (χ0) is 22.9. The maximum absolute atomic E-state index is 14.3. The third-order valence-electron chi connectivity index (χ3n) is 5.36. The fourth-order valence-electron chi connectivity index (χ4n) is 3.79. The molecule has 6 nitrogen and oxygen atoms in total. The number of likely N-dealkylation sites (tertiary alicyclic amines) is 1. The number of aromatic nitrogens is 2. The zero-order valence-corrected chi connectivity index (χ0v) is 18.4. The second kappa shape index (κ2) is 8.46. The number of benzene rings is 2. The third-order valence-corrected chi connectivity index (χ3v) is 5.36. The van der Waals surface area contributed by atoms with Gasteiger partial charge in [-0.05, 0) is 63.1 Å². The van der Waals surface area contributed by atoms with Gasteiger partial charge < -0.3 is 15.0 Å². The SMILES string of the molecule is C#Cc1ccc(F)c(Nc2ncnc3ccc(C4CCN(C(=O)OC(C)(C)C)C4)cc23)c1. The fourth-order valence-corrected chi connectivity index (χ4v) is 3.79. The van der Waals surface area contributed by atoms with E-state index in [0.29, 0.717) is 24.5 Å². The van der Waals surface area contributed by atoms with Crippen molar-refractivity contribution in [3.05, 3.63) is 59.7 Å². The van der Waals surface area contributed by atoms with E-state index >= 15 is 0 Å². The van der Waals surface area contributed by atoms with E-state index in [4.69, 9.17) is 11.2 Å². The van der Waals surface area contributed by atoms with Crippen LogP contribution < -0.4 is 5.32 Å². The number of ether oxygens (including phenoxy) is 1. The summed E-state index contributed by atoms with van der Waals surface area (Å²) in [7, 11) is 0. The molecule has 1 fully saturated rings. The summed E-state index contributed by atoms with van der Waals surface area (Å²) in [5.41, 5.74) is 2.10. The lowest BCUT2D eigenvalue weighted by molar-refractivity contribution is 0.0292. The first-order chi connectivity index (χ1) is 15.2. The molecule has 1 saturated heterocycles. The highest BCUT2D eigenvalue weighted by atomic mass is 19.1. The van der Waals surface area contributed by atoms with Crippen molar-refractivity contribution in [2.75, 3.05) is 18.4 Å². The van der Waals surface area contributed by atoms with Gasteiger partial charge >= 0.3 is 6.09 Å². The van der Waals surface area contributed by atoms with Crippen LogP contribution in [0, 0.1) is 18.2 Å². The summed E-state index contributed by atoms with van der Waals surface area (Å²) >= 11 is 0. The van der Waals surface area contributed by atoms with E-state index in [0.717, 1.165) is 22.9 Å². The molecule has 0 radical (unpaired) electrons. The second-order valence-corrected chi connectivity index (χ2v) is 8.87. The molecule has 164 valence electrons. The lowest BCUT2D eigenvalue weighted by atomic mass is 9.97. The minimum absolute atomic E-state index is 0.168. The summed E-state index contributed by atoms with van der Waals surface area (Å²) in [6, 6.07) is 10.4. The van der Waals surface area contributed by atoms with E-state index in [1.165, 1.54) is 12.4 Å². The van der Waals surface area contributed by atoms with Crippen LogP contribution in [0.3, 0.4) is 0 Å². The predicted octanol–water partition coefficient (Wildman–Crippen LogP) is 5.22. The van der Waals surface area contributed by atoms with E-state index in [9.17, 15) is 9.18 Å². The van der Waals surface area contributed by atoms with Crippen molar-refractivity contribution in [2.24, 2.45) is 0 Å². The van der Waals surface area contributed by atoms with Gasteiger partial charge in [-0.15, -0.1) is 6.42 Å². The van der Waals surface area contributed by atoms with Gasteiger partial charge in [0.05, 0.1) is 11.2 Å². The quantitative estimate of drug-likeness (QED) is 0.575. The van der Waals surface area contributed by atoms with Crippen LogP contribution >= 0.6 is 0 Å². The molecule has 1 amide bonds. The van der Waals surface area contributed by atoms with Gasteiger partial charge in [-0.1, -0.05) is 12.0 Å². The van der Waals surface area contributed by atoms with Gasteiger partial charge in [-0.3, -0.25) is 0 Å². The maximum Gasteiger partial charge on any atom is 0.410 e. The van der Waals surface area contributed by atoms with Crippen LogP contribution in [-0.2, 0) is 4.74 Å². The molecule has 3 aromatic rings. The Kier molecular flexibility index (Phi) is 5.70. The minimum Gasteiger partial charge on any atom is -0.444 e. The number of fused-ring (bicyclic) bond motifs is 1. The van der Waals surface area contributed by atoms with Gasteiger partial charge in [-0.2, -0.15) is 0 Å². The molecule has 32 heavy (non-hydrogen) atoms. The molecule has 7 heteroatoms. The Morgan fingerprint density at radius 1 is 1.25 bits per heavy atom. The molecule has 4 rings (SSSR count). The van der Waals surface area contributed by atoms with Crippen LogP contribution in [0.1, 0.15) is 44.2 Å². The molecule has 2 aromatic carbocycles. The van der Waals surface area contributed by atoms with Crippen LogP contribution in [0.2, 0.25) is 0 Å². The molecule has 1 aliphatic rings. The molecule has 1 aromatic heterocycles. The number of nitrogens with one attached hydrogen (secondary N) is 1. The van der Waals surface area contributed by atoms with Gasteiger partial charge in [0.15, 0.2) is 0 Å². The van der Waals surface area contributed by atoms with Crippen molar-refractivity contribution in [3.63, 3.8) is 0 Å². The van der Waals surface area contributed by atoms with E-state index in [1.807, 2.05) is 39.0 Å². The molecule has 1 N–H and O–H groups in total. The van der Waals surface area contributed by atoms with Crippen LogP contribution in [0.4, 0.5) is 20.7 Å². The predicted molar refractivity (Wildman–Crippen MR) is 122 cm³/mol. The number of carbonyl (C=O) groups is 1. The maximum atomic E-state index is 14.3. The van der Waals surface area contributed by atoms with Crippen molar-refractivity contribution < 1.29 is 13.9 Å². The standard InChI is InChI=1S/C25H25FN4O2/c1-5-16-6-8-20(26)22(12-16)29-23-19-13-17(7-9-21(19)27-15-28-23)18-10-11-30(14-18)24(31)32-25(2,3)4/h1,6-9,12-13,15,18H,10-11,14H2,2-4H3,(H,27,28,29). The zero-order valence-electron chi connectivity index (χ0n) is 18.4. The van der Waals surface area contributed by atoms with E-state index in [2.05, 4.69) is 21.2 Å². The monoisotopic (exact) mass is 432 g/mol. The Labute approximate surface area is 186 Å². The summed E-state index contributed by atoms with van der Waals surface area (Å²) < 4.78 is 19.8. The summed E-state index contributed by atoms with van der Waals surface area (Å²) in [6.45, 7) is 6.79. The van der Waals surface area contributed by atoms with Gasteiger partial charge in [0.25, 0.3) is 0 Å². The number of amides is 1. The summed E-state index contributed by atoms with van der Waals surface area (Å²) in [5.74, 6) is 2.75. The topological polar surface area (TPSA) is 67.4 Å².